The van der Waals surface area contributed by atoms with Crippen molar-refractivity contribution >= 4 is 26.5 Å². The third-order valence-electron chi connectivity index (χ3n) is 7.22. The van der Waals surface area contributed by atoms with E-state index in [9.17, 15) is 52.7 Å². The van der Waals surface area contributed by atoms with Crippen LogP contribution in [-0.4, -0.2) is 16.0 Å². The largest absolute Gasteiger partial charge is 0.416 e. The summed E-state index contributed by atoms with van der Waals surface area (Å²) >= 11 is 0. The lowest BCUT2D eigenvalue weighted by Crippen LogP contribution is -2.34. The summed E-state index contributed by atoms with van der Waals surface area (Å²) in [4.78, 5) is 0. The first-order valence-corrected chi connectivity index (χ1v) is 16.3. The van der Waals surface area contributed by atoms with Crippen molar-refractivity contribution in [1.29, 1.82) is 0 Å². The molecule has 3 rings (SSSR count). The van der Waals surface area contributed by atoms with Gasteiger partial charge in [-0.2, -0.15) is 52.7 Å². The first-order chi connectivity index (χ1) is 20.0. The lowest BCUT2D eigenvalue weighted by molar-refractivity contribution is -0.144. The zero-order valence-corrected chi connectivity index (χ0v) is 27.1. The number of halogens is 12. The Hall–Kier alpha value is -2.06. The van der Waals surface area contributed by atoms with E-state index in [0.29, 0.717) is 24.3 Å². The van der Waals surface area contributed by atoms with Crippen LogP contribution < -0.4 is 10.6 Å². The highest BCUT2D eigenvalue weighted by molar-refractivity contribution is 7.77. The summed E-state index contributed by atoms with van der Waals surface area (Å²) in [5.74, 6) is -0.687. The van der Waals surface area contributed by atoms with Crippen LogP contribution in [0.25, 0.3) is 0 Å². The van der Waals surface area contributed by atoms with E-state index in [1.54, 1.807) is 6.08 Å². The van der Waals surface area contributed by atoms with Gasteiger partial charge in [-0.25, -0.2) is 0 Å². The Morgan fingerprint density at radius 2 is 0.844 bits per heavy atom. The van der Waals surface area contributed by atoms with E-state index in [1.807, 2.05) is 48.5 Å². The van der Waals surface area contributed by atoms with Crippen molar-refractivity contribution < 1.29 is 52.7 Å². The van der Waals surface area contributed by atoms with E-state index >= 15 is 0 Å². The van der Waals surface area contributed by atoms with Gasteiger partial charge in [0.1, 0.15) is 0 Å². The van der Waals surface area contributed by atoms with Crippen molar-refractivity contribution in [3.05, 3.63) is 82.2 Å². The minimum absolute atomic E-state index is 0.121. The van der Waals surface area contributed by atoms with E-state index in [-0.39, 0.29) is 33.4 Å². The quantitative estimate of drug-likeness (QED) is 0.216. The van der Waals surface area contributed by atoms with Crippen LogP contribution in [0.3, 0.4) is 0 Å². The van der Waals surface area contributed by atoms with Crippen LogP contribution in [0.5, 0.6) is 0 Å². The standard InChI is InChI=1S/C31H32F12P2/c1-17(45(26(2,3)4)27(5,6)7)24-9-8-10-25(24)44(22-13-18(28(32,33)34)11-19(14-22)29(35,36)37)23-15-20(30(38,39)40)12-21(16-23)31(41,42)43/h8-17,24H,1-7H3. The van der Waals surface area contributed by atoms with Crippen molar-refractivity contribution in [2.75, 3.05) is 0 Å². The highest BCUT2D eigenvalue weighted by atomic mass is 31.1. The molecule has 0 heterocycles. The van der Waals surface area contributed by atoms with Gasteiger partial charge >= 0.3 is 24.7 Å². The molecule has 1 aliphatic carbocycles. The molecule has 2 unspecified atom stereocenters. The molecule has 2 atom stereocenters. The van der Waals surface area contributed by atoms with Crippen LogP contribution in [0.15, 0.2) is 59.9 Å². The second-order valence-corrected chi connectivity index (χ2v) is 19.3. The Labute approximate surface area is 256 Å². The maximum atomic E-state index is 13.9. The van der Waals surface area contributed by atoms with Gasteiger partial charge < -0.3 is 0 Å². The van der Waals surface area contributed by atoms with E-state index < -0.39 is 79.3 Å². The van der Waals surface area contributed by atoms with Crippen LogP contribution >= 0.6 is 15.8 Å². The van der Waals surface area contributed by atoms with Gasteiger partial charge in [0.2, 0.25) is 0 Å². The maximum Gasteiger partial charge on any atom is 0.416 e. The molecule has 2 aromatic rings. The molecular weight excluding hydrogens is 662 g/mol. The Bertz CT molecular complexity index is 1290. The Balaban J connectivity index is 2.45. The molecular formula is C31H32F12P2. The summed E-state index contributed by atoms with van der Waals surface area (Å²) in [5.41, 5.74) is -7.18. The fourth-order valence-electron chi connectivity index (χ4n) is 6.09. The summed E-state index contributed by atoms with van der Waals surface area (Å²) in [6.07, 6.45) is -16.6. The first kappa shape index (κ1) is 37.4. The smallest absolute Gasteiger partial charge is 0.166 e. The monoisotopic (exact) mass is 694 g/mol. The third kappa shape index (κ3) is 8.65. The maximum absolute atomic E-state index is 13.9. The fraction of sp³-hybridized carbons (Fsp3) is 0.484. The number of rotatable bonds is 5. The molecule has 0 spiro atoms. The molecule has 2 aromatic carbocycles. The second kappa shape index (κ2) is 12.2. The van der Waals surface area contributed by atoms with Gasteiger partial charge in [0.25, 0.3) is 0 Å². The van der Waals surface area contributed by atoms with E-state index in [2.05, 4.69) is 0 Å². The lowest BCUT2D eigenvalue weighted by Gasteiger charge is -2.48. The zero-order chi connectivity index (χ0) is 34.7. The molecule has 250 valence electrons. The van der Waals surface area contributed by atoms with Gasteiger partial charge in [0.05, 0.1) is 22.3 Å². The SMILES string of the molecule is CC(C1C=CC=C1P(c1cc(C(F)(F)F)cc(C(F)(F)F)c1)c1cc(C(F)(F)F)cc(C(F)(F)F)c1)P(C(C)(C)C)C(C)(C)C. The molecule has 0 bridgehead atoms. The van der Waals surface area contributed by atoms with E-state index in [4.69, 9.17) is 0 Å². The fourth-order valence-corrected chi connectivity index (χ4v) is 14.1. The second-order valence-electron chi connectivity index (χ2n) is 12.8. The minimum atomic E-state index is -5.29. The van der Waals surface area contributed by atoms with Gasteiger partial charge in [-0.3, -0.25) is 0 Å². The van der Waals surface area contributed by atoms with Gasteiger partial charge in [-0.1, -0.05) is 74.6 Å². The number of allylic oxidation sites excluding steroid dienone is 4. The average molecular weight is 695 g/mol. The average Bonchev–Trinajstić information content (AvgIpc) is 3.29. The molecule has 0 fully saturated rings. The summed E-state index contributed by atoms with van der Waals surface area (Å²) in [6.45, 7) is 13.7. The molecule has 0 nitrogen and oxygen atoms in total. The van der Waals surface area contributed by atoms with E-state index in [1.165, 1.54) is 12.2 Å². The number of hydrogen-bond donors (Lipinski definition) is 0. The summed E-state index contributed by atoms with van der Waals surface area (Å²) in [5, 5.41) is -1.81. The van der Waals surface area contributed by atoms with Crippen molar-refractivity contribution in [3.8, 4) is 0 Å². The van der Waals surface area contributed by atoms with Crippen molar-refractivity contribution in [2.45, 2.75) is 89.1 Å². The number of benzene rings is 2. The zero-order valence-electron chi connectivity index (χ0n) is 25.3. The van der Waals surface area contributed by atoms with Gasteiger partial charge in [-0.15, -0.1) is 0 Å². The van der Waals surface area contributed by atoms with Crippen LogP contribution in [0, 0.1) is 5.92 Å². The van der Waals surface area contributed by atoms with Crippen molar-refractivity contribution in [3.63, 3.8) is 0 Å². The molecule has 0 radical (unpaired) electrons. The molecule has 0 saturated carbocycles. The topological polar surface area (TPSA) is 0 Å². The Morgan fingerprint density at radius 1 is 0.533 bits per heavy atom. The summed E-state index contributed by atoms with van der Waals surface area (Å²) in [7, 11) is -3.77. The summed E-state index contributed by atoms with van der Waals surface area (Å²) in [6, 6.07) is 1.34. The molecule has 1 aliphatic rings. The molecule has 45 heavy (non-hydrogen) atoms. The van der Waals surface area contributed by atoms with Crippen LogP contribution in [0.2, 0.25) is 0 Å². The molecule has 0 saturated heterocycles. The highest BCUT2D eigenvalue weighted by Crippen LogP contribution is 2.67. The molecule has 0 N–H and O–H groups in total. The van der Waals surface area contributed by atoms with Gasteiger partial charge in [-0.05, 0) is 76.2 Å². The Morgan fingerprint density at radius 3 is 1.11 bits per heavy atom. The third-order valence-corrected chi connectivity index (χ3v) is 13.8. The van der Waals surface area contributed by atoms with Crippen LogP contribution in [0.1, 0.15) is 70.7 Å². The summed E-state index contributed by atoms with van der Waals surface area (Å²) < 4.78 is 167. The molecule has 0 amide bonds. The molecule has 0 aliphatic heterocycles. The van der Waals surface area contributed by atoms with Gasteiger partial charge in [0.15, 0.2) is 0 Å². The van der Waals surface area contributed by atoms with Gasteiger partial charge in [0, 0.05) is 5.92 Å². The predicted molar refractivity (Wildman–Crippen MR) is 156 cm³/mol. The molecule has 0 aromatic heterocycles. The first-order valence-electron chi connectivity index (χ1n) is 13.6. The minimum Gasteiger partial charge on any atom is -0.166 e. The van der Waals surface area contributed by atoms with Crippen molar-refractivity contribution in [1.82, 2.24) is 0 Å². The lowest BCUT2D eigenvalue weighted by atomic mass is 10.1. The normalized spacial score (nSPS) is 17.8. The van der Waals surface area contributed by atoms with Crippen LogP contribution in [0.4, 0.5) is 52.7 Å². The van der Waals surface area contributed by atoms with Crippen LogP contribution in [-0.2, 0) is 24.7 Å². The predicted octanol–water partition coefficient (Wildman–Crippen LogP) is 11.7. The Kier molecular flexibility index (Phi) is 10.1. The highest BCUT2D eigenvalue weighted by Gasteiger charge is 2.45. The van der Waals surface area contributed by atoms with Crippen molar-refractivity contribution in [2.24, 2.45) is 5.92 Å². The number of hydrogen-bond acceptors (Lipinski definition) is 0. The molecule has 14 heteroatoms. The van der Waals surface area contributed by atoms with E-state index in [0.717, 1.165) is 0 Å². The number of alkyl halides is 12.